The SMILES string of the molecule is CCCCCCCCCCN(CCCCCCCCCC)C(=O)CCCCCCCCC(CCCCCCCCC(=O)N(CCCCCCCCCC)CCCCCCCCCC)OC(=O)CCCN(C)C. The first-order chi connectivity index (χ1) is 35.3. The van der Waals surface area contributed by atoms with E-state index in [1.165, 1.54) is 218 Å². The predicted octanol–water partition coefficient (Wildman–Crippen LogP) is 19.7. The van der Waals surface area contributed by atoms with E-state index in [4.69, 9.17) is 4.74 Å². The van der Waals surface area contributed by atoms with Crippen LogP contribution < -0.4 is 0 Å². The average molecular weight is 1020 g/mol. The molecular weight excluding hydrogens is 887 g/mol. The molecule has 0 spiro atoms. The predicted molar refractivity (Wildman–Crippen MR) is 315 cm³/mol. The normalized spacial score (nSPS) is 11.6. The van der Waals surface area contributed by atoms with Crippen LogP contribution in [-0.4, -0.2) is 85.4 Å². The largest absolute Gasteiger partial charge is 0.462 e. The number of carbonyl (C=O) groups is 3. The molecule has 0 saturated heterocycles. The first-order valence-electron chi connectivity index (χ1n) is 32.7. The number of carbonyl (C=O) groups excluding carboxylic acids is 3. The maximum Gasteiger partial charge on any atom is 0.306 e. The molecule has 0 atom stereocenters. The second-order valence-corrected chi connectivity index (χ2v) is 23.0. The Hall–Kier alpha value is -1.63. The number of unbranched alkanes of at least 4 members (excludes halogenated alkanes) is 38. The second-order valence-electron chi connectivity index (χ2n) is 23.0. The smallest absolute Gasteiger partial charge is 0.306 e. The third kappa shape index (κ3) is 50.5. The molecule has 72 heavy (non-hydrogen) atoms. The molecule has 0 aromatic heterocycles. The quantitative estimate of drug-likeness (QED) is 0.0448. The van der Waals surface area contributed by atoms with E-state index in [2.05, 4.69) is 56.5 Å². The van der Waals surface area contributed by atoms with E-state index < -0.39 is 0 Å². The topological polar surface area (TPSA) is 70.2 Å². The van der Waals surface area contributed by atoms with Gasteiger partial charge in [-0.25, -0.2) is 0 Å². The number of hydrogen-bond acceptors (Lipinski definition) is 5. The molecule has 0 aromatic carbocycles. The Labute approximate surface area is 451 Å². The zero-order valence-corrected chi connectivity index (χ0v) is 49.9. The fourth-order valence-corrected chi connectivity index (χ4v) is 10.5. The second kappa shape index (κ2) is 57.1. The summed E-state index contributed by atoms with van der Waals surface area (Å²) in [6, 6.07) is 0. The summed E-state index contributed by atoms with van der Waals surface area (Å²) in [6.45, 7) is 13.8. The lowest BCUT2D eigenvalue weighted by Crippen LogP contribution is -2.32. The van der Waals surface area contributed by atoms with E-state index >= 15 is 0 Å². The molecule has 0 N–H and O–H groups in total. The molecule has 0 aliphatic rings. The molecule has 0 aliphatic heterocycles. The summed E-state index contributed by atoms with van der Waals surface area (Å²) in [6.07, 6.45) is 60.1. The molecule has 0 radical (unpaired) electrons. The standard InChI is InChI=1S/C65H129N3O4/c1-7-11-15-19-23-31-39-47-58-67(59-48-40-32-24-20-16-12-8-2)63(69)54-45-37-29-27-35-43-52-62(72-65(71)56-51-57-66(5)6)53-44-36-28-30-38-46-55-64(70)68(60-49-41-33-25-21-17-13-9-3)61-50-42-34-26-22-18-14-10-4/h62H,7-61H2,1-6H3. The third-order valence-electron chi connectivity index (χ3n) is 15.4. The molecule has 428 valence electrons. The van der Waals surface area contributed by atoms with Crippen molar-refractivity contribution >= 4 is 17.8 Å². The van der Waals surface area contributed by atoms with Gasteiger partial charge in [0, 0.05) is 45.4 Å². The zero-order valence-electron chi connectivity index (χ0n) is 49.9. The van der Waals surface area contributed by atoms with Crippen LogP contribution in [0.15, 0.2) is 0 Å². The monoisotopic (exact) mass is 1020 g/mol. The van der Waals surface area contributed by atoms with E-state index in [1.54, 1.807) is 0 Å². The molecular formula is C65H129N3O4. The van der Waals surface area contributed by atoms with Crippen LogP contribution in [0.1, 0.15) is 349 Å². The van der Waals surface area contributed by atoms with Crippen molar-refractivity contribution < 1.29 is 19.1 Å². The number of hydrogen-bond donors (Lipinski definition) is 0. The van der Waals surface area contributed by atoms with Gasteiger partial charge in [-0.3, -0.25) is 14.4 Å². The van der Waals surface area contributed by atoms with Crippen LogP contribution >= 0.6 is 0 Å². The van der Waals surface area contributed by atoms with E-state index in [0.717, 1.165) is 116 Å². The summed E-state index contributed by atoms with van der Waals surface area (Å²) in [5.74, 6) is 0.748. The number of amides is 2. The summed E-state index contributed by atoms with van der Waals surface area (Å²) < 4.78 is 6.12. The van der Waals surface area contributed by atoms with Crippen molar-refractivity contribution in [2.45, 2.75) is 355 Å². The Morgan fingerprint density at radius 2 is 0.542 bits per heavy atom. The molecule has 0 heterocycles. The maximum atomic E-state index is 13.4. The van der Waals surface area contributed by atoms with E-state index in [9.17, 15) is 14.4 Å². The Morgan fingerprint density at radius 3 is 0.819 bits per heavy atom. The van der Waals surface area contributed by atoms with Gasteiger partial charge in [0.15, 0.2) is 0 Å². The van der Waals surface area contributed by atoms with Gasteiger partial charge >= 0.3 is 5.97 Å². The lowest BCUT2D eigenvalue weighted by molar-refractivity contribution is -0.150. The van der Waals surface area contributed by atoms with Gasteiger partial charge in [-0.15, -0.1) is 0 Å². The van der Waals surface area contributed by atoms with Crippen LogP contribution in [-0.2, 0) is 19.1 Å². The van der Waals surface area contributed by atoms with Gasteiger partial charge in [-0.05, 0) is 91.3 Å². The lowest BCUT2D eigenvalue weighted by atomic mass is 10.0. The van der Waals surface area contributed by atoms with Crippen molar-refractivity contribution in [3.63, 3.8) is 0 Å². The summed E-state index contributed by atoms with van der Waals surface area (Å²) >= 11 is 0. The van der Waals surface area contributed by atoms with Gasteiger partial charge in [0.1, 0.15) is 6.10 Å². The van der Waals surface area contributed by atoms with E-state index in [0.29, 0.717) is 31.1 Å². The summed E-state index contributed by atoms with van der Waals surface area (Å²) in [4.78, 5) is 46.4. The first kappa shape index (κ1) is 70.4. The van der Waals surface area contributed by atoms with Gasteiger partial charge in [-0.1, -0.05) is 259 Å². The third-order valence-corrected chi connectivity index (χ3v) is 15.4. The number of nitrogens with zero attached hydrogens (tertiary/aromatic N) is 3. The Morgan fingerprint density at radius 1 is 0.292 bits per heavy atom. The Kier molecular flexibility index (Phi) is 55.8. The first-order valence-corrected chi connectivity index (χ1v) is 32.7. The van der Waals surface area contributed by atoms with Gasteiger partial charge in [-0.2, -0.15) is 0 Å². The molecule has 0 saturated carbocycles. The van der Waals surface area contributed by atoms with Crippen molar-refractivity contribution in [1.82, 2.24) is 14.7 Å². The number of rotatable bonds is 59. The van der Waals surface area contributed by atoms with Crippen molar-refractivity contribution in [2.24, 2.45) is 0 Å². The molecule has 7 heteroatoms. The highest BCUT2D eigenvalue weighted by Crippen LogP contribution is 2.20. The highest BCUT2D eigenvalue weighted by Gasteiger charge is 2.17. The lowest BCUT2D eigenvalue weighted by Gasteiger charge is -2.23. The van der Waals surface area contributed by atoms with Crippen LogP contribution in [0.3, 0.4) is 0 Å². The molecule has 0 fully saturated rings. The van der Waals surface area contributed by atoms with E-state index in [1.807, 2.05) is 0 Å². The zero-order chi connectivity index (χ0) is 52.6. The minimum atomic E-state index is -0.0334. The molecule has 0 rings (SSSR count). The van der Waals surface area contributed by atoms with Gasteiger partial charge < -0.3 is 19.4 Å². The Bertz CT molecular complexity index is 1020. The Balaban J connectivity index is 4.73. The van der Waals surface area contributed by atoms with Crippen LogP contribution in [0.2, 0.25) is 0 Å². The van der Waals surface area contributed by atoms with Crippen molar-refractivity contribution in [2.75, 3.05) is 46.8 Å². The summed E-state index contributed by atoms with van der Waals surface area (Å²) in [7, 11) is 4.12. The van der Waals surface area contributed by atoms with Crippen LogP contribution in [0, 0.1) is 0 Å². The highest BCUT2D eigenvalue weighted by molar-refractivity contribution is 5.76. The molecule has 0 aliphatic carbocycles. The van der Waals surface area contributed by atoms with Crippen molar-refractivity contribution in [1.29, 1.82) is 0 Å². The van der Waals surface area contributed by atoms with Crippen LogP contribution in [0.25, 0.3) is 0 Å². The van der Waals surface area contributed by atoms with Crippen molar-refractivity contribution in [3.05, 3.63) is 0 Å². The molecule has 2 amide bonds. The summed E-state index contributed by atoms with van der Waals surface area (Å²) in [5.41, 5.74) is 0. The van der Waals surface area contributed by atoms with Crippen LogP contribution in [0.4, 0.5) is 0 Å². The number of esters is 1. The van der Waals surface area contributed by atoms with Crippen LogP contribution in [0.5, 0.6) is 0 Å². The van der Waals surface area contributed by atoms with Gasteiger partial charge in [0.2, 0.25) is 11.8 Å². The fourth-order valence-electron chi connectivity index (χ4n) is 10.5. The average Bonchev–Trinajstić information content (AvgIpc) is 3.36. The molecule has 7 nitrogen and oxygen atoms in total. The fraction of sp³-hybridized carbons (Fsp3) is 0.954. The molecule has 0 aromatic rings. The summed E-state index contributed by atoms with van der Waals surface area (Å²) in [5, 5.41) is 0. The minimum Gasteiger partial charge on any atom is -0.462 e. The van der Waals surface area contributed by atoms with Gasteiger partial charge in [0.05, 0.1) is 0 Å². The molecule has 0 bridgehead atoms. The molecule has 0 unspecified atom stereocenters. The minimum absolute atomic E-state index is 0.0216. The number of ether oxygens (including phenoxy) is 1. The van der Waals surface area contributed by atoms with Gasteiger partial charge in [0.25, 0.3) is 0 Å². The van der Waals surface area contributed by atoms with Crippen molar-refractivity contribution in [3.8, 4) is 0 Å². The highest BCUT2D eigenvalue weighted by atomic mass is 16.5. The maximum absolute atomic E-state index is 13.4. The van der Waals surface area contributed by atoms with E-state index in [-0.39, 0.29) is 12.1 Å².